The summed E-state index contributed by atoms with van der Waals surface area (Å²) in [6.45, 7) is 7.56. The van der Waals surface area contributed by atoms with Crippen LogP contribution in [0.2, 0.25) is 0 Å². The van der Waals surface area contributed by atoms with E-state index >= 15 is 0 Å². The molecule has 2 heterocycles. The second kappa shape index (κ2) is 9.23. The molecule has 0 spiro atoms. The van der Waals surface area contributed by atoms with Gasteiger partial charge in [0, 0.05) is 22.2 Å². The van der Waals surface area contributed by atoms with Gasteiger partial charge in [-0.05, 0) is 82.3 Å². The third-order valence-corrected chi connectivity index (χ3v) is 6.32. The monoisotopic (exact) mass is 474 g/mol. The minimum atomic E-state index is -0.242. The number of Topliss-reactive ketones (excluding diaryl/α,β-unsaturated/α-hetero) is 1. The highest BCUT2D eigenvalue weighted by molar-refractivity contribution is 6.13. The number of aromatic nitrogens is 3. The summed E-state index contributed by atoms with van der Waals surface area (Å²) in [5, 5.41) is 8.34. The van der Waals surface area contributed by atoms with Gasteiger partial charge in [-0.1, -0.05) is 29.3 Å². The Morgan fingerprint density at radius 1 is 0.833 bits per heavy atom. The molecule has 0 aliphatic carbocycles. The number of carbonyl (C=O) groups excluding carboxylic acids is 2. The van der Waals surface area contributed by atoms with E-state index < -0.39 is 0 Å². The summed E-state index contributed by atoms with van der Waals surface area (Å²) in [6.07, 6.45) is 1.79. The van der Waals surface area contributed by atoms with E-state index in [1.165, 1.54) is 12.5 Å². The first-order chi connectivity index (χ1) is 17.3. The van der Waals surface area contributed by atoms with Crippen LogP contribution >= 0.6 is 0 Å². The predicted molar refractivity (Wildman–Crippen MR) is 143 cm³/mol. The molecule has 178 valence electrons. The predicted octanol–water partition coefficient (Wildman–Crippen LogP) is 6.47. The van der Waals surface area contributed by atoms with Crippen molar-refractivity contribution < 1.29 is 9.59 Å². The quantitative estimate of drug-likeness (QED) is 0.296. The SMILES string of the molecule is CC(=O)c1ccc(NC(=O)c2cc(-c3cnn(-c4ccc(C)cc4)c3C)nc3ccc(C)cc23)cc1. The first-order valence-electron chi connectivity index (χ1n) is 11.8. The second-order valence-corrected chi connectivity index (χ2v) is 9.05. The van der Waals surface area contributed by atoms with E-state index in [9.17, 15) is 9.59 Å². The topological polar surface area (TPSA) is 76.9 Å². The number of anilines is 1. The molecule has 0 saturated carbocycles. The molecule has 0 atom stereocenters. The van der Waals surface area contributed by atoms with E-state index in [2.05, 4.69) is 29.5 Å². The Bertz CT molecular complexity index is 1610. The average Bonchev–Trinajstić information content (AvgIpc) is 3.25. The number of benzene rings is 3. The van der Waals surface area contributed by atoms with E-state index in [1.54, 1.807) is 30.5 Å². The lowest BCUT2D eigenvalue weighted by atomic mass is 10.0. The minimum Gasteiger partial charge on any atom is -0.322 e. The summed E-state index contributed by atoms with van der Waals surface area (Å²) >= 11 is 0. The van der Waals surface area contributed by atoms with E-state index in [4.69, 9.17) is 4.98 Å². The molecule has 0 fully saturated rings. The standard InChI is InChI=1S/C30H26N4O2/c1-18-5-12-24(13-6-18)34-20(3)27(17-31-34)29-16-26(25-15-19(2)7-14-28(25)33-29)30(36)32-23-10-8-22(9-11-23)21(4)35/h5-17H,1-4H3,(H,32,36). The highest BCUT2D eigenvalue weighted by Crippen LogP contribution is 2.29. The zero-order chi connectivity index (χ0) is 25.4. The Hall–Kier alpha value is -4.58. The van der Waals surface area contributed by atoms with Crippen LogP contribution in [0.1, 0.15) is 44.5 Å². The van der Waals surface area contributed by atoms with Crippen molar-refractivity contribution in [2.45, 2.75) is 27.7 Å². The fourth-order valence-corrected chi connectivity index (χ4v) is 4.26. The lowest BCUT2D eigenvalue weighted by Gasteiger charge is -2.12. The van der Waals surface area contributed by atoms with Crippen LogP contribution in [0.4, 0.5) is 5.69 Å². The maximum atomic E-state index is 13.5. The summed E-state index contributed by atoms with van der Waals surface area (Å²) in [7, 11) is 0. The summed E-state index contributed by atoms with van der Waals surface area (Å²) in [5.41, 5.74) is 8.14. The maximum absolute atomic E-state index is 13.5. The molecule has 0 unspecified atom stereocenters. The Labute approximate surface area is 209 Å². The van der Waals surface area contributed by atoms with Gasteiger partial charge in [0.05, 0.1) is 34.4 Å². The van der Waals surface area contributed by atoms with Gasteiger partial charge in [0.1, 0.15) is 0 Å². The molecule has 5 aromatic rings. The highest BCUT2D eigenvalue weighted by Gasteiger charge is 2.18. The van der Waals surface area contributed by atoms with Crippen molar-refractivity contribution in [2.24, 2.45) is 0 Å². The molecule has 1 N–H and O–H groups in total. The molecule has 0 saturated heterocycles. The summed E-state index contributed by atoms with van der Waals surface area (Å²) in [4.78, 5) is 29.9. The first-order valence-corrected chi connectivity index (χ1v) is 11.8. The van der Waals surface area contributed by atoms with Crippen molar-refractivity contribution in [1.82, 2.24) is 14.8 Å². The number of amides is 1. The largest absolute Gasteiger partial charge is 0.322 e. The van der Waals surface area contributed by atoms with Crippen LogP contribution in [0.15, 0.2) is 79.0 Å². The normalized spacial score (nSPS) is 11.0. The van der Waals surface area contributed by atoms with Crippen LogP contribution in [-0.4, -0.2) is 26.5 Å². The van der Waals surface area contributed by atoms with Gasteiger partial charge in [-0.15, -0.1) is 0 Å². The molecular formula is C30H26N4O2. The average molecular weight is 475 g/mol. The van der Waals surface area contributed by atoms with Gasteiger partial charge >= 0.3 is 0 Å². The minimum absolute atomic E-state index is 0.0188. The number of hydrogen-bond donors (Lipinski definition) is 1. The molecule has 5 rings (SSSR count). The van der Waals surface area contributed by atoms with E-state index in [-0.39, 0.29) is 11.7 Å². The fraction of sp³-hybridized carbons (Fsp3) is 0.133. The summed E-state index contributed by atoms with van der Waals surface area (Å²) in [6, 6.07) is 22.8. The second-order valence-electron chi connectivity index (χ2n) is 9.05. The van der Waals surface area contributed by atoms with Crippen LogP contribution in [0, 0.1) is 20.8 Å². The van der Waals surface area contributed by atoms with E-state index in [1.807, 2.05) is 54.9 Å². The van der Waals surface area contributed by atoms with Gasteiger partial charge in [0.2, 0.25) is 0 Å². The van der Waals surface area contributed by atoms with Crippen LogP contribution in [-0.2, 0) is 0 Å². The van der Waals surface area contributed by atoms with Crippen LogP contribution < -0.4 is 5.32 Å². The van der Waals surface area contributed by atoms with Crippen LogP contribution in [0.3, 0.4) is 0 Å². The Kier molecular flexibility index (Phi) is 5.94. The lowest BCUT2D eigenvalue weighted by Crippen LogP contribution is -2.13. The molecule has 2 aromatic heterocycles. The zero-order valence-electron chi connectivity index (χ0n) is 20.7. The van der Waals surface area contributed by atoms with Crippen LogP contribution in [0.5, 0.6) is 0 Å². The Balaban J connectivity index is 1.57. The molecule has 6 nitrogen and oxygen atoms in total. The number of carbonyl (C=O) groups is 2. The van der Waals surface area contributed by atoms with Crippen molar-refractivity contribution in [2.75, 3.05) is 5.32 Å². The third kappa shape index (κ3) is 4.41. The molecular weight excluding hydrogens is 448 g/mol. The molecule has 36 heavy (non-hydrogen) atoms. The maximum Gasteiger partial charge on any atom is 0.256 e. The highest BCUT2D eigenvalue weighted by atomic mass is 16.1. The number of aryl methyl sites for hydroxylation is 2. The van der Waals surface area contributed by atoms with Gasteiger partial charge in [-0.2, -0.15) is 5.10 Å². The van der Waals surface area contributed by atoms with Crippen molar-refractivity contribution in [3.8, 4) is 16.9 Å². The fourth-order valence-electron chi connectivity index (χ4n) is 4.26. The molecule has 3 aromatic carbocycles. The van der Waals surface area contributed by atoms with Gasteiger partial charge in [-0.25, -0.2) is 9.67 Å². The smallest absolute Gasteiger partial charge is 0.256 e. The number of rotatable bonds is 5. The molecule has 0 radical (unpaired) electrons. The van der Waals surface area contributed by atoms with Gasteiger partial charge in [0.15, 0.2) is 5.78 Å². The molecule has 0 aliphatic rings. The van der Waals surface area contributed by atoms with Crippen molar-refractivity contribution in [1.29, 1.82) is 0 Å². The number of hydrogen-bond acceptors (Lipinski definition) is 4. The number of ketones is 1. The van der Waals surface area contributed by atoms with Gasteiger partial charge < -0.3 is 5.32 Å². The number of nitrogens with zero attached hydrogens (tertiary/aromatic N) is 3. The van der Waals surface area contributed by atoms with Crippen molar-refractivity contribution >= 4 is 28.3 Å². The third-order valence-electron chi connectivity index (χ3n) is 6.32. The number of nitrogens with one attached hydrogen (secondary N) is 1. The Morgan fingerprint density at radius 2 is 1.53 bits per heavy atom. The van der Waals surface area contributed by atoms with Gasteiger partial charge in [-0.3, -0.25) is 9.59 Å². The number of pyridine rings is 1. The first kappa shape index (κ1) is 23.2. The summed E-state index contributed by atoms with van der Waals surface area (Å²) in [5.74, 6) is -0.261. The molecule has 0 aliphatic heterocycles. The molecule has 6 heteroatoms. The molecule has 0 bridgehead atoms. The Morgan fingerprint density at radius 3 is 2.22 bits per heavy atom. The number of fused-ring (bicyclic) bond motifs is 1. The van der Waals surface area contributed by atoms with Crippen LogP contribution in [0.25, 0.3) is 27.8 Å². The van der Waals surface area contributed by atoms with Gasteiger partial charge in [0.25, 0.3) is 5.91 Å². The van der Waals surface area contributed by atoms with Crippen molar-refractivity contribution in [3.63, 3.8) is 0 Å². The van der Waals surface area contributed by atoms with E-state index in [0.29, 0.717) is 22.5 Å². The zero-order valence-corrected chi connectivity index (χ0v) is 20.7. The van der Waals surface area contributed by atoms with Crippen molar-refractivity contribution in [3.05, 3.63) is 107 Å². The summed E-state index contributed by atoms with van der Waals surface area (Å²) < 4.78 is 1.88. The van der Waals surface area contributed by atoms with E-state index in [0.717, 1.165) is 33.4 Å². The molecule has 1 amide bonds. The lowest BCUT2D eigenvalue weighted by molar-refractivity contribution is 0.101.